The van der Waals surface area contributed by atoms with Gasteiger partial charge in [-0.25, -0.2) is 4.68 Å². The van der Waals surface area contributed by atoms with Gasteiger partial charge < -0.3 is 16.4 Å². The first kappa shape index (κ1) is 23.4. The molecule has 172 valence electrons. The predicted octanol–water partition coefficient (Wildman–Crippen LogP) is 3.77. The zero-order chi connectivity index (χ0) is 23.5. The van der Waals surface area contributed by atoms with Crippen LogP contribution in [0.4, 0.5) is 19.0 Å². The molecule has 0 radical (unpaired) electrons. The van der Waals surface area contributed by atoms with Crippen molar-refractivity contribution >= 4 is 17.6 Å². The Hall–Kier alpha value is -3.30. The average Bonchev–Trinajstić information content (AvgIpc) is 3.14. The van der Waals surface area contributed by atoms with Crippen LogP contribution in [-0.4, -0.2) is 39.6 Å². The molecule has 3 rings (SSSR count). The SMILES string of the molecule is C=CC(=O)N1CCCCC(n2nc(-c3ccc(C(F)(F)F)cc3)c(C(N)=O)c2N)CCC1. The summed E-state index contributed by atoms with van der Waals surface area (Å²) in [7, 11) is 0. The zero-order valence-corrected chi connectivity index (χ0v) is 17.6. The highest BCUT2D eigenvalue weighted by Crippen LogP contribution is 2.35. The van der Waals surface area contributed by atoms with Crippen LogP contribution in [0.5, 0.6) is 0 Å². The molecule has 1 aliphatic rings. The van der Waals surface area contributed by atoms with Gasteiger partial charge in [-0.1, -0.05) is 18.7 Å². The lowest BCUT2D eigenvalue weighted by molar-refractivity contribution is -0.137. The lowest BCUT2D eigenvalue weighted by Gasteiger charge is -2.20. The van der Waals surface area contributed by atoms with Crippen molar-refractivity contribution in [3.63, 3.8) is 0 Å². The Morgan fingerprint density at radius 2 is 1.72 bits per heavy atom. The molecule has 32 heavy (non-hydrogen) atoms. The van der Waals surface area contributed by atoms with Gasteiger partial charge in [0.2, 0.25) is 5.91 Å². The van der Waals surface area contributed by atoms with Gasteiger partial charge in [0, 0.05) is 18.7 Å². The summed E-state index contributed by atoms with van der Waals surface area (Å²) in [5.74, 6) is -0.812. The van der Waals surface area contributed by atoms with Crippen LogP contribution in [0.2, 0.25) is 0 Å². The molecule has 0 spiro atoms. The summed E-state index contributed by atoms with van der Waals surface area (Å²) in [4.78, 5) is 25.8. The fourth-order valence-electron chi connectivity index (χ4n) is 4.04. The first-order chi connectivity index (χ1) is 15.1. The van der Waals surface area contributed by atoms with Gasteiger partial charge in [0.25, 0.3) is 5.91 Å². The molecule has 0 aliphatic carbocycles. The Morgan fingerprint density at radius 1 is 1.09 bits per heavy atom. The van der Waals surface area contributed by atoms with Crippen molar-refractivity contribution in [3.05, 3.63) is 48.0 Å². The van der Waals surface area contributed by atoms with E-state index in [1.807, 2.05) is 0 Å². The van der Waals surface area contributed by atoms with Crippen molar-refractivity contribution < 1.29 is 22.8 Å². The third-order valence-corrected chi connectivity index (χ3v) is 5.69. The molecule has 1 aromatic heterocycles. The van der Waals surface area contributed by atoms with Crippen molar-refractivity contribution in [3.8, 4) is 11.3 Å². The largest absolute Gasteiger partial charge is 0.416 e. The fourth-order valence-corrected chi connectivity index (χ4v) is 4.04. The van der Waals surface area contributed by atoms with E-state index in [0.717, 1.165) is 31.4 Å². The minimum absolute atomic E-state index is 0.00640. The Morgan fingerprint density at radius 3 is 2.31 bits per heavy atom. The molecule has 2 aromatic rings. The minimum Gasteiger partial charge on any atom is -0.383 e. The van der Waals surface area contributed by atoms with Gasteiger partial charge in [-0.15, -0.1) is 0 Å². The minimum atomic E-state index is -4.47. The second-order valence-electron chi connectivity index (χ2n) is 7.81. The molecule has 0 saturated carbocycles. The number of aromatic nitrogens is 2. The molecule has 1 aliphatic heterocycles. The van der Waals surface area contributed by atoms with E-state index in [9.17, 15) is 22.8 Å². The summed E-state index contributed by atoms with van der Waals surface area (Å²) >= 11 is 0. The van der Waals surface area contributed by atoms with Crippen molar-refractivity contribution in [1.29, 1.82) is 0 Å². The molecule has 4 N–H and O–H groups in total. The molecular weight excluding hydrogens is 423 g/mol. The second-order valence-corrected chi connectivity index (χ2v) is 7.81. The quantitative estimate of drug-likeness (QED) is 0.693. The van der Waals surface area contributed by atoms with E-state index < -0.39 is 17.6 Å². The van der Waals surface area contributed by atoms with Crippen LogP contribution >= 0.6 is 0 Å². The van der Waals surface area contributed by atoms with E-state index in [1.165, 1.54) is 18.2 Å². The predicted molar refractivity (Wildman–Crippen MR) is 114 cm³/mol. The number of hydrogen-bond donors (Lipinski definition) is 2. The fraction of sp³-hybridized carbons (Fsp3) is 0.409. The van der Waals surface area contributed by atoms with E-state index >= 15 is 0 Å². The van der Waals surface area contributed by atoms with Gasteiger partial charge in [-0.2, -0.15) is 18.3 Å². The lowest BCUT2D eigenvalue weighted by atomic mass is 10.0. The summed E-state index contributed by atoms with van der Waals surface area (Å²) in [5, 5.41) is 4.50. The van der Waals surface area contributed by atoms with E-state index in [2.05, 4.69) is 11.7 Å². The van der Waals surface area contributed by atoms with Crippen LogP contribution in [0.15, 0.2) is 36.9 Å². The summed E-state index contributed by atoms with van der Waals surface area (Å²) in [6, 6.07) is 4.24. The van der Waals surface area contributed by atoms with Gasteiger partial charge in [0.15, 0.2) is 0 Å². The van der Waals surface area contributed by atoms with Crippen molar-refractivity contribution in [2.24, 2.45) is 5.73 Å². The van der Waals surface area contributed by atoms with Gasteiger partial charge in [-0.3, -0.25) is 9.59 Å². The maximum Gasteiger partial charge on any atom is 0.416 e. The smallest absolute Gasteiger partial charge is 0.383 e. The highest BCUT2D eigenvalue weighted by atomic mass is 19.4. The average molecular weight is 449 g/mol. The maximum absolute atomic E-state index is 12.9. The molecule has 0 bridgehead atoms. The number of benzene rings is 1. The van der Waals surface area contributed by atoms with Crippen LogP contribution in [-0.2, 0) is 11.0 Å². The number of carbonyl (C=O) groups excluding carboxylic acids is 2. The van der Waals surface area contributed by atoms with Crippen molar-refractivity contribution in [2.45, 2.75) is 44.3 Å². The first-order valence-electron chi connectivity index (χ1n) is 10.4. The first-order valence-corrected chi connectivity index (χ1v) is 10.4. The normalized spacial score (nSPS) is 17.8. The van der Waals surface area contributed by atoms with Gasteiger partial charge in [-0.05, 0) is 50.3 Å². The molecule has 1 aromatic carbocycles. The van der Waals surface area contributed by atoms with Crippen molar-refractivity contribution in [2.75, 3.05) is 18.8 Å². The van der Waals surface area contributed by atoms with Crippen LogP contribution < -0.4 is 11.5 Å². The lowest BCUT2D eigenvalue weighted by Crippen LogP contribution is -2.31. The zero-order valence-electron chi connectivity index (χ0n) is 17.6. The topological polar surface area (TPSA) is 107 Å². The van der Waals surface area contributed by atoms with E-state index in [1.54, 1.807) is 9.58 Å². The number of hydrogen-bond acceptors (Lipinski definition) is 4. The Labute approximate surface area is 183 Å². The molecule has 2 heterocycles. The number of alkyl halides is 3. The number of nitrogens with two attached hydrogens (primary N) is 2. The molecule has 1 saturated heterocycles. The number of primary amides is 1. The number of nitrogens with zero attached hydrogens (tertiary/aromatic N) is 3. The molecule has 1 atom stereocenters. The molecular formula is C22H26F3N5O2. The summed E-state index contributed by atoms with van der Waals surface area (Å²) < 4.78 is 40.3. The van der Waals surface area contributed by atoms with E-state index in [-0.39, 0.29) is 29.0 Å². The second kappa shape index (κ2) is 9.46. The number of amides is 2. The monoisotopic (exact) mass is 449 g/mol. The molecule has 7 nitrogen and oxygen atoms in total. The van der Waals surface area contributed by atoms with Crippen LogP contribution in [0.3, 0.4) is 0 Å². The maximum atomic E-state index is 12.9. The highest BCUT2D eigenvalue weighted by Gasteiger charge is 2.31. The van der Waals surface area contributed by atoms with Gasteiger partial charge in [0.05, 0.1) is 11.6 Å². The highest BCUT2D eigenvalue weighted by molar-refractivity contribution is 6.03. The molecule has 10 heteroatoms. The third kappa shape index (κ3) is 4.95. The summed E-state index contributed by atoms with van der Waals surface area (Å²) in [5.41, 5.74) is 11.5. The number of anilines is 1. The van der Waals surface area contributed by atoms with Gasteiger partial charge in [0.1, 0.15) is 17.1 Å². The van der Waals surface area contributed by atoms with E-state index in [0.29, 0.717) is 31.5 Å². The van der Waals surface area contributed by atoms with E-state index in [4.69, 9.17) is 11.5 Å². The Balaban J connectivity index is 1.92. The van der Waals surface area contributed by atoms with Gasteiger partial charge >= 0.3 is 6.18 Å². The van der Waals surface area contributed by atoms with Crippen molar-refractivity contribution in [1.82, 2.24) is 14.7 Å². The number of nitrogen functional groups attached to an aromatic ring is 1. The summed E-state index contributed by atoms with van der Waals surface area (Å²) in [6.45, 7) is 4.74. The third-order valence-electron chi connectivity index (χ3n) is 5.69. The van der Waals surface area contributed by atoms with Crippen LogP contribution in [0, 0.1) is 0 Å². The molecule has 1 fully saturated rings. The number of halogens is 3. The standard InChI is InChI=1S/C22H26F3N5O2/c1-2-17(31)29-12-4-3-6-16(7-5-13-29)30-20(26)18(21(27)32)19(28-30)14-8-10-15(11-9-14)22(23,24)25/h2,8-11,16H,1,3-7,12-13,26H2,(H2,27,32). The van der Waals surface area contributed by atoms with Crippen LogP contribution in [0.25, 0.3) is 11.3 Å². The number of carbonyl (C=O) groups is 2. The molecule has 1 unspecified atom stereocenters. The Bertz CT molecular complexity index is 998. The Kier molecular flexibility index (Phi) is 6.90. The number of rotatable bonds is 4. The summed E-state index contributed by atoms with van der Waals surface area (Å²) in [6.07, 6.45) is 0.533. The van der Waals surface area contributed by atoms with Crippen LogP contribution in [0.1, 0.15) is 54.1 Å². The molecule has 2 amide bonds.